The molecule has 1 rings (SSSR count). The van der Waals surface area contributed by atoms with Crippen LogP contribution in [0.4, 0.5) is 0 Å². The summed E-state index contributed by atoms with van der Waals surface area (Å²) in [5.74, 6) is 4.64. The lowest BCUT2D eigenvalue weighted by molar-refractivity contribution is -0.115. The molecule has 74 valence electrons. The fraction of sp³-hybridized carbons (Fsp3) is 0.556. The zero-order valence-electron chi connectivity index (χ0n) is 7.62. The van der Waals surface area contributed by atoms with Gasteiger partial charge in [0.1, 0.15) is 6.10 Å². The lowest BCUT2D eigenvalue weighted by Crippen LogP contribution is -2.22. The molecule has 13 heavy (non-hydrogen) atoms. The van der Waals surface area contributed by atoms with Gasteiger partial charge < -0.3 is 10.2 Å². The molecule has 2 atom stereocenters. The number of allylic oxidation sites excluding steroid dienone is 1. The minimum atomic E-state index is -0.912. The maximum Gasteiger partial charge on any atom is 0.160 e. The van der Waals surface area contributed by atoms with Crippen LogP contribution in [-0.2, 0) is 4.79 Å². The van der Waals surface area contributed by atoms with Gasteiger partial charge in [0.15, 0.2) is 5.78 Å². The third-order valence-electron chi connectivity index (χ3n) is 2.15. The standard InChI is InChI=1S/C9H14O3S/c1-6-7(11)3-4-13(2)9(6)8(12)5-10/h8,10,12H,2-5H2,1H3. The Hall–Kier alpha value is -0.450. The van der Waals surface area contributed by atoms with E-state index in [1.807, 2.05) is 0 Å². The Kier molecular flexibility index (Phi) is 3.41. The highest BCUT2D eigenvalue weighted by molar-refractivity contribution is 8.17. The fourth-order valence-corrected chi connectivity index (χ4v) is 3.05. The van der Waals surface area contributed by atoms with Crippen LogP contribution in [0.2, 0.25) is 0 Å². The molecular formula is C9H14O3S. The second kappa shape index (κ2) is 4.17. The van der Waals surface area contributed by atoms with Gasteiger partial charge in [-0.2, -0.15) is 10.5 Å². The Morgan fingerprint density at radius 2 is 2.31 bits per heavy atom. The Balaban J connectivity index is 3.05. The monoisotopic (exact) mass is 202 g/mol. The maximum atomic E-state index is 11.3. The number of Topliss-reactive ketones (excluding diaryl/α,β-unsaturated/α-hetero) is 1. The second-order valence-electron chi connectivity index (χ2n) is 3.06. The summed E-state index contributed by atoms with van der Waals surface area (Å²) in [6.45, 7) is 1.36. The van der Waals surface area contributed by atoms with E-state index in [0.717, 1.165) is 0 Å². The summed E-state index contributed by atoms with van der Waals surface area (Å²) in [5.41, 5.74) is 0.589. The smallest absolute Gasteiger partial charge is 0.160 e. The van der Waals surface area contributed by atoms with Crippen LogP contribution in [0.3, 0.4) is 0 Å². The van der Waals surface area contributed by atoms with Crippen molar-refractivity contribution in [1.29, 1.82) is 0 Å². The summed E-state index contributed by atoms with van der Waals surface area (Å²) < 4.78 is 0. The lowest BCUT2D eigenvalue weighted by atomic mass is 10.1. The fourth-order valence-electron chi connectivity index (χ4n) is 1.39. The molecular weight excluding hydrogens is 188 g/mol. The molecule has 1 aliphatic rings. The van der Waals surface area contributed by atoms with Gasteiger partial charge in [0, 0.05) is 16.9 Å². The first kappa shape index (κ1) is 10.6. The summed E-state index contributed by atoms with van der Waals surface area (Å²) in [7, 11) is -0.310. The van der Waals surface area contributed by atoms with E-state index >= 15 is 0 Å². The van der Waals surface area contributed by atoms with Crippen LogP contribution in [0.5, 0.6) is 0 Å². The molecule has 2 N–H and O–H groups in total. The Morgan fingerprint density at radius 3 is 2.85 bits per heavy atom. The largest absolute Gasteiger partial charge is 0.393 e. The molecule has 3 nitrogen and oxygen atoms in total. The first-order valence-corrected chi connectivity index (χ1v) is 5.67. The molecule has 0 saturated carbocycles. The van der Waals surface area contributed by atoms with Crippen molar-refractivity contribution < 1.29 is 15.0 Å². The highest BCUT2D eigenvalue weighted by atomic mass is 32.2. The Morgan fingerprint density at radius 1 is 1.69 bits per heavy atom. The molecule has 0 aromatic carbocycles. The zero-order valence-corrected chi connectivity index (χ0v) is 8.43. The van der Waals surface area contributed by atoms with Crippen molar-refractivity contribution in [2.45, 2.75) is 19.4 Å². The van der Waals surface area contributed by atoms with Crippen molar-refractivity contribution in [2.75, 3.05) is 12.4 Å². The minimum absolute atomic E-state index is 0.0647. The van der Waals surface area contributed by atoms with E-state index in [0.29, 0.717) is 22.7 Å². The molecule has 1 aliphatic heterocycles. The Labute approximate surface area is 80.0 Å². The van der Waals surface area contributed by atoms with Crippen LogP contribution >= 0.6 is 10.5 Å². The number of aliphatic hydroxyl groups excluding tert-OH is 2. The van der Waals surface area contributed by atoms with E-state index in [1.54, 1.807) is 6.92 Å². The zero-order chi connectivity index (χ0) is 10.0. The van der Waals surface area contributed by atoms with Gasteiger partial charge in [-0.05, 0) is 12.7 Å². The van der Waals surface area contributed by atoms with Crippen molar-refractivity contribution >= 4 is 22.1 Å². The predicted molar refractivity (Wildman–Crippen MR) is 55.0 cm³/mol. The lowest BCUT2D eigenvalue weighted by Gasteiger charge is -2.23. The van der Waals surface area contributed by atoms with Gasteiger partial charge in [0.25, 0.3) is 0 Å². The molecule has 0 saturated heterocycles. The van der Waals surface area contributed by atoms with Gasteiger partial charge in [-0.25, -0.2) is 0 Å². The molecule has 4 heteroatoms. The molecule has 2 unspecified atom stereocenters. The van der Waals surface area contributed by atoms with Crippen LogP contribution in [0.25, 0.3) is 0 Å². The molecule has 0 bridgehead atoms. The third-order valence-corrected chi connectivity index (χ3v) is 4.05. The highest BCUT2D eigenvalue weighted by Crippen LogP contribution is 2.34. The number of hydrogen-bond donors (Lipinski definition) is 2. The molecule has 0 amide bonds. The van der Waals surface area contributed by atoms with Crippen molar-refractivity contribution in [2.24, 2.45) is 0 Å². The molecule has 0 aliphatic carbocycles. The molecule has 0 radical (unpaired) electrons. The molecule has 1 heterocycles. The predicted octanol–water partition coefficient (Wildman–Crippen LogP) is 0.287. The van der Waals surface area contributed by atoms with E-state index in [2.05, 4.69) is 5.87 Å². The van der Waals surface area contributed by atoms with Gasteiger partial charge in [0.2, 0.25) is 0 Å². The molecule has 0 fully saturated rings. The number of rotatable bonds is 2. The van der Waals surface area contributed by atoms with Gasteiger partial charge in [-0.3, -0.25) is 4.79 Å². The first-order chi connectivity index (χ1) is 6.07. The normalized spacial score (nSPS) is 26.4. The van der Waals surface area contributed by atoms with E-state index in [1.165, 1.54) is 0 Å². The quantitative estimate of drug-likeness (QED) is 0.633. The van der Waals surface area contributed by atoms with Crippen LogP contribution in [0.15, 0.2) is 10.5 Å². The van der Waals surface area contributed by atoms with Crippen LogP contribution in [0, 0.1) is 0 Å². The van der Waals surface area contributed by atoms with E-state index in [4.69, 9.17) is 5.11 Å². The SMILES string of the molecule is C=S1CCC(=O)C(C)=C1C(O)CO. The van der Waals surface area contributed by atoms with Gasteiger partial charge in [-0.15, -0.1) is 0 Å². The average molecular weight is 202 g/mol. The average Bonchev–Trinajstić information content (AvgIpc) is 2.12. The van der Waals surface area contributed by atoms with Crippen molar-refractivity contribution in [3.63, 3.8) is 0 Å². The molecule has 0 aromatic heterocycles. The number of aliphatic hydroxyl groups is 2. The van der Waals surface area contributed by atoms with Crippen LogP contribution in [0.1, 0.15) is 13.3 Å². The topological polar surface area (TPSA) is 57.5 Å². The summed E-state index contributed by atoms with van der Waals surface area (Å²) in [5, 5.41) is 18.2. The number of hydrogen-bond acceptors (Lipinski definition) is 3. The van der Waals surface area contributed by atoms with Crippen LogP contribution < -0.4 is 0 Å². The summed E-state index contributed by atoms with van der Waals surface area (Å²) in [6, 6.07) is 0. The summed E-state index contributed by atoms with van der Waals surface area (Å²) >= 11 is 0. The summed E-state index contributed by atoms with van der Waals surface area (Å²) in [4.78, 5) is 11.9. The summed E-state index contributed by atoms with van der Waals surface area (Å²) in [6.07, 6.45) is -0.398. The maximum absolute atomic E-state index is 11.3. The molecule has 0 aromatic rings. The first-order valence-electron chi connectivity index (χ1n) is 4.11. The van der Waals surface area contributed by atoms with Crippen molar-refractivity contribution in [1.82, 2.24) is 0 Å². The van der Waals surface area contributed by atoms with Gasteiger partial charge >= 0.3 is 0 Å². The van der Waals surface area contributed by atoms with E-state index in [9.17, 15) is 9.90 Å². The number of ketones is 1. The second-order valence-corrected chi connectivity index (χ2v) is 4.89. The van der Waals surface area contributed by atoms with Crippen LogP contribution in [-0.4, -0.2) is 40.3 Å². The van der Waals surface area contributed by atoms with Crippen molar-refractivity contribution in [3.05, 3.63) is 10.5 Å². The third kappa shape index (κ3) is 2.07. The van der Waals surface area contributed by atoms with E-state index < -0.39 is 6.10 Å². The minimum Gasteiger partial charge on any atom is -0.393 e. The number of carbonyl (C=O) groups excluding carboxylic acids is 1. The van der Waals surface area contributed by atoms with Crippen molar-refractivity contribution in [3.8, 4) is 0 Å². The number of carbonyl (C=O) groups is 1. The molecule has 0 spiro atoms. The van der Waals surface area contributed by atoms with Gasteiger partial charge in [0.05, 0.1) is 6.61 Å². The van der Waals surface area contributed by atoms with E-state index in [-0.39, 0.29) is 22.9 Å². The Bertz CT molecular complexity index is 281. The highest BCUT2D eigenvalue weighted by Gasteiger charge is 2.23. The van der Waals surface area contributed by atoms with Gasteiger partial charge in [-0.1, -0.05) is 5.87 Å².